The molecule has 1 fully saturated rings. The lowest BCUT2D eigenvalue weighted by Crippen LogP contribution is -2.52. The second-order valence-corrected chi connectivity index (χ2v) is 5.68. The Bertz CT molecular complexity index is 163. The summed E-state index contributed by atoms with van der Waals surface area (Å²) >= 11 is 0. The van der Waals surface area contributed by atoms with E-state index in [4.69, 9.17) is 5.73 Å². The Balaban J connectivity index is 2.23. The van der Waals surface area contributed by atoms with Gasteiger partial charge in [0.05, 0.1) is 0 Å². The maximum absolute atomic E-state index is 6.11. The summed E-state index contributed by atoms with van der Waals surface area (Å²) in [5.74, 6) is 0.955. The van der Waals surface area contributed by atoms with Crippen molar-refractivity contribution >= 4 is 0 Å². The van der Waals surface area contributed by atoms with Crippen molar-refractivity contribution in [3.63, 3.8) is 0 Å². The molecule has 0 saturated heterocycles. The van der Waals surface area contributed by atoms with Crippen molar-refractivity contribution in [2.75, 3.05) is 13.1 Å². The summed E-state index contributed by atoms with van der Waals surface area (Å²) in [4.78, 5) is 0. The second kappa shape index (κ2) is 3.58. The van der Waals surface area contributed by atoms with E-state index in [9.17, 15) is 0 Å². The molecule has 0 aliphatic heterocycles. The van der Waals surface area contributed by atoms with Gasteiger partial charge in [-0.05, 0) is 44.6 Å². The Morgan fingerprint density at radius 3 is 2.15 bits per heavy atom. The van der Waals surface area contributed by atoms with Crippen molar-refractivity contribution < 1.29 is 0 Å². The van der Waals surface area contributed by atoms with Crippen LogP contribution >= 0.6 is 0 Å². The lowest BCUT2D eigenvalue weighted by molar-refractivity contribution is 0.195. The van der Waals surface area contributed by atoms with Gasteiger partial charge in [0, 0.05) is 12.1 Å². The highest BCUT2D eigenvalue weighted by atomic mass is 14.9. The number of nitrogens with two attached hydrogens (primary N) is 1. The third kappa shape index (κ3) is 3.28. The molecule has 0 aromatic rings. The van der Waals surface area contributed by atoms with Crippen LogP contribution in [0.2, 0.25) is 0 Å². The molecule has 3 N–H and O–H groups in total. The highest BCUT2D eigenvalue weighted by molar-refractivity contribution is 4.92. The first-order chi connectivity index (χ1) is 5.83. The largest absolute Gasteiger partial charge is 0.325 e. The smallest absolute Gasteiger partial charge is 0.0161 e. The fourth-order valence-electron chi connectivity index (χ4n) is 1.14. The van der Waals surface area contributed by atoms with Crippen LogP contribution in [0.3, 0.4) is 0 Å². The fraction of sp³-hybridized carbons (Fsp3) is 1.00. The molecule has 0 aromatic carbocycles. The molecule has 0 aromatic heterocycles. The third-order valence-corrected chi connectivity index (χ3v) is 3.44. The van der Waals surface area contributed by atoms with Gasteiger partial charge in [0.1, 0.15) is 0 Å². The Hall–Kier alpha value is -0.0800. The first-order valence-electron chi connectivity index (χ1n) is 5.32. The normalized spacial score (nSPS) is 19.2. The molecule has 0 atom stereocenters. The average molecular weight is 184 g/mol. The first-order valence-corrected chi connectivity index (χ1v) is 5.32. The summed E-state index contributed by atoms with van der Waals surface area (Å²) < 4.78 is 0. The SMILES string of the molecule is CC(C)(N)C(C)(C)CNCC1CC1. The molecule has 1 saturated carbocycles. The zero-order valence-electron chi connectivity index (χ0n) is 9.48. The van der Waals surface area contributed by atoms with Crippen LogP contribution in [0, 0.1) is 11.3 Å². The van der Waals surface area contributed by atoms with Crippen LogP contribution in [-0.4, -0.2) is 18.6 Å². The monoisotopic (exact) mass is 184 g/mol. The van der Waals surface area contributed by atoms with Gasteiger partial charge in [0.15, 0.2) is 0 Å². The summed E-state index contributed by atoms with van der Waals surface area (Å²) in [7, 11) is 0. The molecule has 2 nitrogen and oxygen atoms in total. The van der Waals surface area contributed by atoms with E-state index < -0.39 is 0 Å². The molecule has 1 rings (SSSR count). The molecule has 0 heterocycles. The molecule has 0 amide bonds. The highest BCUT2D eigenvalue weighted by Gasteiger charge is 2.33. The maximum Gasteiger partial charge on any atom is 0.0161 e. The van der Waals surface area contributed by atoms with Gasteiger partial charge < -0.3 is 11.1 Å². The van der Waals surface area contributed by atoms with E-state index in [-0.39, 0.29) is 11.0 Å². The van der Waals surface area contributed by atoms with Crippen LogP contribution in [0.5, 0.6) is 0 Å². The van der Waals surface area contributed by atoms with Gasteiger partial charge in [-0.15, -0.1) is 0 Å². The highest BCUT2D eigenvalue weighted by Crippen LogP contribution is 2.30. The number of hydrogen-bond acceptors (Lipinski definition) is 2. The molecular formula is C11H24N2. The van der Waals surface area contributed by atoms with Crippen molar-refractivity contribution in [1.82, 2.24) is 5.32 Å². The van der Waals surface area contributed by atoms with Crippen molar-refractivity contribution in [2.24, 2.45) is 17.1 Å². The molecular weight excluding hydrogens is 160 g/mol. The number of hydrogen-bond donors (Lipinski definition) is 2. The van der Waals surface area contributed by atoms with Gasteiger partial charge >= 0.3 is 0 Å². The minimum atomic E-state index is -0.108. The van der Waals surface area contributed by atoms with Crippen LogP contribution in [0.4, 0.5) is 0 Å². The maximum atomic E-state index is 6.11. The summed E-state index contributed by atoms with van der Waals surface area (Å²) in [5, 5.41) is 3.51. The minimum Gasteiger partial charge on any atom is -0.325 e. The predicted molar refractivity (Wildman–Crippen MR) is 57.6 cm³/mol. The summed E-state index contributed by atoms with van der Waals surface area (Å²) in [6.07, 6.45) is 2.83. The molecule has 1 aliphatic carbocycles. The molecule has 0 spiro atoms. The molecule has 0 unspecified atom stereocenters. The summed E-state index contributed by atoms with van der Waals surface area (Å²) in [6, 6.07) is 0. The summed E-state index contributed by atoms with van der Waals surface area (Å²) in [6.45, 7) is 10.9. The van der Waals surface area contributed by atoms with Crippen LogP contribution < -0.4 is 11.1 Å². The Kier molecular flexibility index (Phi) is 3.03. The lowest BCUT2D eigenvalue weighted by atomic mass is 9.75. The molecule has 13 heavy (non-hydrogen) atoms. The minimum absolute atomic E-state index is 0.108. The van der Waals surface area contributed by atoms with Gasteiger partial charge in [0.2, 0.25) is 0 Å². The molecule has 78 valence electrons. The van der Waals surface area contributed by atoms with Crippen LogP contribution in [0.1, 0.15) is 40.5 Å². The van der Waals surface area contributed by atoms with Gasteiger partial charge in [-0.25, -0.2) is 0 Å². The van der Waals surface area contributed by atoms with Crippen molar-refractivity contribution in [3.05, 3.63) is 0 Å². The predicted octanol–water partition coefficient (Wildman–Crippen LogP) is 1.75. The average Bonchev–Trinajstić information content (AvgIpc) is 2.68. The van der Waals surface area contributed by atoms with E-state index in [0.29, 0.717) is 0 Å². The fourth-order valence-corrected chi connectivity index (χ4v) is 1.14. The van der Waals surface area contributed by atoms with E-state index >= 15 is 0 Å². The van der Waals surface area contributed by atoms with Crippen molar-refractivity contribution in [1.29, 1.82) is 0 Å². The van der Waals surface area contributed by atoms with Gasteiger partial charge in [-0.1, -0.05) is 13.8 Å². The van der Waals surface area contributed by atoms with Crippen molar-refractivity contribution in [2.45, 2.75) is 46.1 Å². The van der Waals surface area contributed by atoms with E-state index in [1.807, 2.05) is 0 Å². The Labute approximate surface area is 82.3 Å². The van der Waals surface area contributed by atoms with Crippen LogP contribution in [0.15, 0.2) is 0 Å². The van der Waals surface area contributed by atoms with Gasteiger partial charge in [-0.2, -0.15) is 0 Å². The Morgan fingerprint density at radius 2 is 1.77 bits per heavy atom. The van der Waals surface area contributed by atoms with E-state index in [1.54, 1.807) is 0 Å². The first kappa shape index (κ1) is 11.0. The van der Waals surface area contributed by atoms with E-state index in [2.05, 4.69) is 33.0 Å². The van der Waals surface area contributed by atoms with E-state index in [1.165, 1.54) is 19.4 Å². The van der Waals surface area contributed by atoms with Gasteiger partial charge in [0.25, 0.3) is 0 Å². The standard InChI is InChI=1S/C11H24N2/c1-10(2,11(3,4)12)8-13-7-9-5-6-9/h9,13H,5-8,12H2,1-4H3. The number of nitrogens with one attached hydrogen (secondary N) is 1. The third-order valence-electron chi connectivity index (χ3n) is 3.44. The van der Waals surface area contributed by atoms with Gasteiger partial charge in [-0.3, -0.25) is 0 Å². The zero-order chi connectivity index (χ0) is 10.1. The van der Waals surface area contributed by atoms with Crippen LogP contribution in [-0.2, 0) is 0 Å². The zero-order valence-corrected chi connectivity index (χ0v) is 9.48. The number of rotatable bonds is 5. The molecule has 0 radical (unpaired) electrons. The molecule has 2 heteroatoms. The van der Waals surface area contributed by atoms with Crippen LogP contribution in [0.25, 0.3) is 0 Å². The van der Waals surface area contributed by atoms with Crippen molar-refractivity contribution in [3.8, 4) is 0 Å². The lowest BCUT2D eigenvalue weighted by Gasteiger charge is -2.38. The topological polar surface area (TPSA) is 38.0 Å². The Morgan fingerprint density at radius 1 is 1.23 bits per heavy atom. The quantitative estimate of drug-likeness (QED) is 0.683. The van der Waals surface area contributed by atoms with E-state index in [0.717, 1.165) is 12.5 Å². The second-order valence-electron chi connectivity index (χ2n) is 5.68. The summed E-state index contributed by atoms with van der Waals surface area (Å²) in [5.41, 5.74) is 6.17. The molecule has 1 aliphatic rings. The molecule has 0 bridgehead atoms.